The van der Waals surface area contributed by atoms with E-state index in [1.807, 2.05) is 30.2 Å². The van der Waals surface area contributed by atoms with Crippen LogP contribution >= 0.6 is 0 Å². The standard InChI is InChI=1S/C21H26N4O2/c1-15-13-22-25(14-15)18-5-3-17(4-6-18)19(26)23-16(2)20(27)24-11-9-21(7-8-21)10-12-24/h3-6,13-14,16H,7-12H2,1-2H3,(H,23,26). The van der Waals surface area contributed by atoms with Crippen LogP contribution in [0.1, 0.15) is 48.5 Å². The second kappa shape index (κ2) is 6.83. The predicted molar refractivity (Wildman–Crippen MR) is 103 cm³/mol. The predicted octanol–water partition coefficient (Wildman–Crippen LogP) is 2.70. The van der Waals surface area contributed by atoms with Crippen LogP contribution in [0.3, 0.4) is 0 Å². The normalized spacial score (nSPS) is 19.0. The van der Waals surface area contributed by atoms with Crippen molar-refractivity contribution in [3.63, 3.8) is 0 Å². The molecule has 2 fully saturated rings. The highest BCUT2D eigenvalue weighted by atomic mass is 16.2. The molecular weight excluding hydrogens is 340 g/mol. The van der Waals surface area contributed by atoms with Crippen molar-refractivity contribution in [1.29, 1.82) is 0 Å². The molecule has 1 unspecified atom stereocenters. The molecule has 2 amide bonds. The number of aromatic nitrogens is 2. The second-order valence-corrected chi connectivity index (χ2v) is 8.03. The molecule has 0 radical (unpaired) electrons. The molecule has 2 heterocycles. The summed E-state index contributed by atoms with van der Waals surface area (Å²) in [6.07, 6.45) is 8.56. The Hall–Kier alpha value is -2.63. The van der Waals surface area contributed by atoms with E-state index < -0.39 is 6.04 Å². The summed E-state index contributed by atoms with van der Waals surface area (Å²) in [7, 11) is 0. The lowest BCUT2D eigenvalue weighted by Crippen LogP contribution is -2.49. The highest BCUT2D eigenvalue weighted by Crippen LogP contribution is 2.53. The third-order valence-corrected chi connectivity index (χ3v) is 5.92. The van der Waals surface area contributed by atoms with E-state index in [1.165, 1.54) is 12.8 Å². The molecule has 4 rings (SSSR count). The molecular formula is C21H26N4O2. The zero-order valence-corrected chi connectivity index (χ0v) is 15.9. The van der Waals surface area contributed by atoms with Gasteiger partial charge in [0.15, 0.2) is 0 Å². The van der Waals surface area contributed by atoms with Gasteiger partial charge in [0.2, 0.25) is 5.91 Å². The smallest absolute Gasteiger partial charge is 0.251 e. The molecule has 142 valence electrons. The first kappa shape index (κ1) is 17.8. The lowest BCUT2D eigenvalue weighted by atomic mass is 9.93. The Kier molecular flexibility index (Phi) is 4.50. The summed E-state index contributed by atoms with van der Waals surface area (Å²) in [5.41, 5.74) is 3.05. The topological polar surface area (TPSA) is 67.2 Å². The molecule has 1 spiro atoms. The molecule has 1 saturated heterocycles. The average molecular weight is 366 g/mol. The van der Waals surface area contributed by atoms with Crippen molar-refractivity contribution < 1.29 is 9.59 Å². The number of benzene rings is 1. The summed E-state index contributed by atoms with van der Waals surface area (Å²) >= 11 is 0. The Morgan fingerprint density at radius 3 is 2.33 bits per heavy atom. The molecule has 1 saturated carbocycles. The number of nitrogens with one attached hydrogen (secondary N) is 1. The molecule has 0 bridgehead atoms. The van der Waals surface area contributed by atoms with Gasteiger partial charge in [-0.15, -0.1) is 0 Å². The molecule has 1 N–H and O–H groups in total. The van der Waals surface area contributed by atoms with Crippen molar-refractivity contribution >= 4 is 11.8 Å². The highest BCUT2D eigenvalue weighted by molar-refractivity contribution is 5.97. The van der Waals surface area contributed by atoms with Gasteiger partial charge in [-0.2, -0.15) is 5.10 Å². The number of nitrogens with zero attached hydrogens (tertiary/aromatic N) is 3. The van der Waals surface area contributed by atoms with Gasteiger partial charge in [0.25, 0.3) is 5.91 Å². The van der Waals surface area contributed by atoms with Crippen LogP contribution in [0, 0.1) is 12.3 Å². The largest absolute Gasteiger partial charge is 0.341 e. The number of hydrogen-bond acceptors (Lipinski definition) is 3. The third kappa shape index (κ3) is 3.75. The van der Waals surface area contributed by atoms with E-state index in [2.05, 4.69) is 10.4 Å². The van der Waals surface area contributed by atoms with E-state index in [9.17, 15) is 9.59 Å². The van der Waals surface area contributed by atoms with Crippen LogP contribution in [0.5, 0.6) is 0 Å². The van der Waals surface area contributed by atoms with E-state index in [-0.39, 0.29) is 11.8 Å². The molecule has 1 aliphatic heterocycles. The van der Waals surface area contributed by atoms with Gasteiger partial charge in [-0.05, 0) is 74.8 Å². The number of carbonyl (C=O) groups excluding carboxylic acids is 2. The number of likely N-dealkylation sites (tertiary alicyclic amines) is 1. The minimum Gasteiger partial charge on any atom is -0.341 e. The van der Waals surface area contributed by atoms with Gasteiger partial charge < -0.3 is 10.2 Å². The van der Waals surface area contributed by atoms with Crippen LogP contribution in [-0.4, -0.2) is 45.6 Å². The maximum absolute atomic E-state index is 12.6. The van der Waals surface area contributed by atoms with Crippen molar-refractivity contribution in [2.75, 3.05) is 13.1 Å². The first-order valence-electron chi connectivity index (χ1n) is 9.67. The summed E-state index contributed by atoms with van der Waals surface area (Å²) in [4.78, 5) is 27.0. The van der Waals surface area contributed by atoms with Crippen LogP contribution in [0.2, 0.25) is 0 Å². The van der Waals surface area contributed by atoms with Crippen molar-refractivity contribution in [3.05, 3.63) is 47.8 Å². The summed E-state index contributed by atoms with van der Waals surface area (Å²) < 4.78 is 1.77. The van der Waals surface area contributed by atoms with Crippen molar-refractivity contribution in [2.45, 2.75) is 45.6 Å². The Labute approximate surface area is 159 Å². The quantitative estimate of drug-likeness (QED) is 0.905. The van der Waals surface area contributed by atoms with E-state index in [0.29, 0.717) is 11.0 Å². The number of amides is 2. The molecule has 1 aromatic carbocycles. The van der Waals surface area contributed by atoms with Crippen LogP contribution in [0.4, 0.5) is 0 Å². The number of rotatable bonds is 4. The van der Waals surface area contributed by atoms with Gasteiger partial charge in [-0.3, -0.25) is 9.59 Å². The van der Waals surface area contributed by atoms with E-state index >= 15 is 0 Å². The first-order valence-corrected chi connectivity index (χ1v) is 9.67. The Morgan fingerprint density at radius 2 is 1.78 bits per heavy atom. The molecule has 1 atom stereocenters. The van der Waals surface area contributed by atoms with Gasteiger partial charge in [0, 0.05) is 24.8 Å². The van der Waals surface area contributed by atoms with Crippen molar-refractivity contribution in [3.8, 4) is 5.69 Å². The Balaban J connectivity index is 1.34. The average Bonchev–Trinajstić information content (AvgIpc) is 3.29. The van der Waals surface area contributed by atoms with E-state index in [1.54, 1.807) is 29.9 Å². The van der Waals surface area contributed by atoms with Gasteiger partial charge >= 0.3 is 0 Å². The van der Waals surface area contributed by atoms with Crippen LogP contribution in [0.25, 0.3) is 5.69 Å². The summed E-state index contributed by atoms with van der Waals surface area (Å²) in [5.74, 6) is -0.211. The molecule has 2 aromatic rings. The fourth-order valence-electron chi connectivity index (χ4n) is 3.81. The molecule has 1 aromatic heterocycles. The minimum atomic E-state index is -0.515. The molecule has 6 nitrogen and oxygen atoms in total. The van der Waals surface area contributed by atoms with E-state index in [0.717, 1.165) is 37.2 Å². The third-order valence-electron chi connectivity index (χ3n) is 5.92. The SMILES string of the molecule is Cc1cnn(-c2ccc(C(=O)NC(C)C(=O)N3CCC4(CC3)CC4)cc2)c1. The fraction of sp³-hybridized carbons (Fsp3) is 0.476. The van der Waals surface area contributed by atoms with Gasteiger partial charge in [0.05, 0.1) is 11.9 Å². The first-order chi connectivity index (χ1) is 13.0. The van der Waals surface area contributed by atoms with E-state index in [4.69, 9.17) is 0 Å². The number of hydrogen-bond donors (Lipinski definition) is 1. The lowest BCUT2D eigenvalue weighted by molar-refractivity contribution is -0.134. The van der Waals surface area contributed by atoms with Crippen LogP contribution < -0.4 is 5.32 Å². The maximum Gasteiger partial charge on any atom is 0.251 e. The minimum absolute atomic E-state index is 0.0162. The number of carbonyl (C=O) groups is 2. The summed E-state index contributed by atoms with van der Waals surface area (Å²) in [5, 5.41) is 7.10. The monoisotopic (exact) mass is 366 g/mol. The lowest BCUT2D eigenvalue weighted by Gasteiger charge is -2.33. The number of piperidine rings is 1. The summed E-state index contributed by atoms with van der Waals surface area (Å²) in [6.45, 7) is 5.38. The van der Waals surface area contributed by atoms with Gasteiger partial charge in [0.1, 0.15) is 6.04 Å². The maximum atomic E-state index is 12.6. The summed E-state index contributed by atoms with van der Waals surface area (Å²) in [6, 6.07) is 6.72. The van der Waals surface area contributed by atoms with Gasteiger partial charge in [-0.1, -0.05) is 0 Å². The van der Waals surface area contributed by atoms with Crippen molar-refractivity contribution in [1.82, 2.24) is 20.0 Å². The molecule has 2 aliphatic rings. The highest BCUT2D eigenvalue weighted by Gasteiger charge is 2.45. The molecule has 6 heteroatoms. The second-order valence-electron chi connectivity index (χ2n) is 8.03. The Bertz CT molecular complexity index is 841. The van der Waals surface area contributed by atoms with Crippen molar-refractivity contribution in [2.24, 2.45) is 5.41 Å². The zero-order valence-electron chi connectivity index (χ0n) is 15.9. The zero-order chi connectivity index (χ0) is 19.0. The number of aryl methyl sites for hydroxylation is 1. The molecule has 1 aliphatic carbocycles. The van der Waals surface area contributed by atoms with Crippen LogP contribution in [0.15, 0.2) is 36.7 Å². The Morgan fingerprint density at radius 1 is 1.11 bits per heavy atom. The fourth-order valence-corrected chi connectivity index (χ4v) is 3.81. The molecule has 27 heavy (non-hydrogen) atoms. The van der Waals surface area contributed by atoms with Crippen LogP contribution in [-0.2, 0) is 4.79 Å². The van der Waals surface area contributed by atoms with Gasteiger partial charge in [-0.25, -0.2) is 4.68 Å².